The number of aryl methyl sites for hydroxylation is 1. The molecule has 0 aliphatic carbocycles. The average molecular weight is 455 g/mol. The maximum absolute atomic E-state index is 13.0. The van der Waals surface area contributed by atoms with Gasteiger partial charge in [-0.15, -0.1) is 0 Å². The molecule has 0 unspecified atom stereocenters. The van der Waals surface area contributed by atoms with E-state index in [0.29, 0.717) is 32.7 Å². The summed E-state index contributed by atoms with van der Waals surface area (Å²) in [5.74, 6) is 1.82. The van der Waals surface area contributed by atoms with E-state index in [1.54, 1.807) is 6.08 Å². The number of amides is 1. The molecule has 174 valence electrons. The molecule has 6 nitrogen and oxygen atoms in total. The number of morpholine rings is 1. The number of ether oxygens (including phenoxy) is 1. The zero-order valence-electron chi connectivity index (χ0n) is 19.6. The van der Waals surface area contributed by atoms with Crippen molar-refractivity contribution in [3.63, 3.8) is 0 Å². The van der Waals surface area contributed by atoms with Gasteiger partial charge >= 0.3 is 0 Å². The van der Waals surface area contributed by atoms with E-state index in [1.165, 1.54) is 11.1 Å². The third-order valence-corrected chi connectivity index (χ3v) is 6.37. The van der Waals surface area contributed by atoms with Crippen LogP contribution in [0.1, 0.15) is 33.8 Å². The van der Waals surface area contributed by atoms with Crippen molar-refractivity contribution < 1.29 is 9.53 Å². The standard InChI is InChI=1S/C28H30N4O2/c1-21-6-5-9-23(18-21)19-26-29-25-12-13-32(27(33)11-10-22-7-3-2-4-8-22)20-24(25)28(30-26)31-14-16-34-17-15-31/h2-11,18H,12-17,19-20H2,1H3/b11-10+. The number of rotatable bonds is 5. The Morgan fingerprint density at radius 2 is 1.85 bits per heavy atom. The summed E-state index contributed by atoms with van der Waals surface area (Å²) in [5.41, 5.74) is 5.61. The second-order valence-corrected chi connectivity index (χ2v) is 8.91. The number of aromatic nitrogens is 2. The van der Waals surface area contributed by atoms with Crippen molar-refractivity contribution in [2.45, 2.75) is 26.3 Å². The molecule has 1 amide bonds. The second kappa shape index (κ2) is 10.2. The van der Waals surface area contributed by atoms with Gasteiger partial charge in [-0.05, 0) is 24.1 Å². The fourth-order valence-corrected chi connectivity index (χ4v) is 4.59. The number of fused-ring (bicyclic) bond motifs is 1. The number of benzene rings is 2. The van der Waals surface area contributed by atoms with Gasteiger partial charge in [-0.1, -0.05) is 60.2 Å². The fraction of sp³-hybridized carbons (Fsp3) is 0.321. The Balaban J connectivity index is 1.41. The molecule has 2 aromatic carbocycles. The van der Waals surface area contributed by atoms with Crippen LogP contribution in [0.4, 0.5) is 5.82 Å². The molecule has 34 heavy (non-hydrogen) atoms. The Hall–Kier alpha value is -3.51. The maximum atomic E-state index is 13.0. The van der Waals surface area contributed by atoms with E-state index in [0.717, 1.165) is 48.0 Å². The molecule has 2 aliphatic rings. The molecule has 1 aromatic heterocycles. The van der Waals surface area contributed by atoms with Gasteiger partial charge in [0, 0.05) is 44.1 Å². The van der Waals surface area contributed by atoms with Gasteiger partial charge in [-0.3, -0.25) is 4.79 Å². The van der Waals surface area contributed by atoms with Crippen LogP contribution in [0.2, 0.25) is 0 Å². The van der Waals surface area contributed by atoms with Crippen molar-refractivity contribution in [1.29, 1.82) is 0 Å². The molecule has 3 aromatic rings. The van der Waals surface area contributed by atoms with Crippen LogP contribution in [0.15, 0.2) is 60.7 Å². The topological polar surface area (TPSA) is 58.6 Å². The molecule has 0 bridgehead atoms. The SMILES string of the molecule is Cc1cccc(Cc2nc3c(c(N4CCOCC4)n2)CN(C(=O)/C=C/c2ccccc2)CC3)c1. The fourth-order valence-electron chi connectivity index (χ4n) is 4.59. The normalized spacial score (nSPS) is 16.0. The molecule has 5 rings (SSSR count). The van der Waals surface area contributed by atoms with Crippen molar-refractivity contribution in [3.8, 4) is 0 Å². The number of hydrogen-bond acceptors (Lipinski definition) is 5. The Bertz CT molecular complexity index is 1190. The zero-order valence-corrected chi connectivity index (χ0v) is 19.6. The summed E-state index contributed by atoms with van der Waals surface area (Å²) in [6.45, 7) is 6.28. The van der Waals surface area contributed by atoms with E-state index >= 15 is 0 Å². The number of carbonyl (C=O) groups excluding carboxylic acids is 1. The minimum absolute atomic E-state index is 0.0197. The molecule has 6 heteroatoms. The number of anilines is 1. The lowest BCUT2D eigenvalue weighted by atomic mass is 10.0. The van der Waals surface area contributed by atoms with E-state index in [-0.39, 0.29) is 5.91 Å². The van der Waals surface area contributed by atoms with Crippen LogP contribution in [-0.2, 0) is 28.9 Å². The van der Waals surface area contributed by atoms with E-state index in [4.69, 9.17) is 14.7 Å². The van der Waals surface area contributed by atoms with Crippen LogP contribution < -0.4 is 4.90 Å². The molecule has 1 saturated heterocycles. The summed E-state index contributed by atoms with van der Waals surface area (Å²) >= 11 is 0. The van der Waals surface area contributed by atoms with E-state index < -0.39 is 0 Å². The predicted octanol–water partition coefficient (Wildman–Crippen LogP) is 3.81. The quantitative estimate of drug-likeness (QED) is 0.549. The first-order valence-corrected chi connectivity index (χ1v) is 11.9. The summed E-state index contributed by atoms with van der Waals surface area (Å²) in [6, 6.07) is 18.4. The highest BCUT2D eigenvalue weighted by atomic mass is 16.5. The number of carbonyl (C=O) groups is 1. The Morgan fingerprint density at radius 1 is 1.03 bits per heavy atom. The monoisotopic (exact) mass is 454 g/mol. The van der Waals surface area contributed by atoms with Crippen molar-refractivity contribution in [2.75, 3.05) is 37.7 Å². The second-order valence-electron chi connectivity index (χ2n) is 8.91. The molecular weight excluding hydrogens is 424 g/mol. The summed E-state index contributed by atoms with van der Waals surface area (Å²) in [5, 5.41) is 0. The van der Waals surface area contributed by atoms with Gasteiger partial charge in [-0.2, -0.15) is 0 Å². The Labute approximate surface area is 200 Å². The van der Waals surface area contributed by atoms with Crippen molar-refractivity contribution in [3.05, 3.63) is 94.4 Å². The molecule has 0 spiro atoms. The van der Waals surface area contributed by atoms with Crippen molar-refractivity contribution >= 4 is 17.8 Å². The smallest absolute Gasteiger partial charge is 0.246 e. The molecule has 0 atom stereocenters. The predicted molar refractivity (Wildman–Crippen MR) is 134 cm³/mol. The highest BCUT2D eigenvalue weighted by Gasteiger charge is 2.27. The van der Waals surface area contributed by atoms with Gasteiger partial charge in [0.05, 0.1) is 25.5 Å². The minimum Gasteiger partial charge on any atom is -0.378 e. The summed E-state index contributed by atoms with van der Waals surface area (Å²) in [4.78, 5) is 27.1. The lowest BCUT2D eigenvalue weighted by Crippen LogP contribution is -2.41. The highest BCUT2D eigenvalue weighted by Crippen LogP contribution is 2.28. The Morgan fingerprint density at radius 3 is 2.65 bits per heavy atom. The van der Waals surface area contributed by atoms with Crippen LogP contribution in [0.3, 0.4) is 0 Å². The zero-order chi connectivity index (χ0) is 23.3. The van der Waals surface area contributed by atoms with E-state index in [2.05, 4.69) is 36.1 Å². The summed E-state index contributed by atoms with van der Waals surface area (Å²) in [7, 11) is 0. The number of nitrogens with zero attached hydrogens (tertiary/aromatic N) is 4. The third kappa shape index (κ3) is 5.18. The van der Waals surface area contributed by atoms with Gasteiger partial charge in [0.15, 0.2) is 0 Å². The van der Waals surface area contributed by atoms with E-state index in [9.17, 15) is 4.79 Å². The molecule has 1 fully saturated rings. The minimum atomic E-state index is 0.0197. The first-order valence-electron chi connectivity index (χ1n) is 11.9. The van der Waals surface area contributed by atoms with Crippen molar-refractivity contribution in [1.82, 2.24) is 14.9 Å². The molecule has 2 aliphatic heterocycles. The largest absolute Gasteiger partial charge is 0.378 e. The van der Waals surface area contributed by atoms with Gasteiger partial charge in [0.25, 0.3) is 0 Å². The van der Waals surface area contributed by atoms with Crippen molar-refractivity contribution in [2.24, 2.45) is 0 Å². The molecule has 0 N–H and O–H groups in total. The van der Waals surface area contributed by atoms with Gasteiger partial charge < -0.3 is 14.5 Å². The lowest BCUT2D eigenvalue weighted by Gasteiger charge is -2.34. The van der Waals surface area contributed by atoms with Gasteiger partial charge in [0.1, 0.15) is 11.6 Å². The third-order valence-electron chi connectivity index (χ3n) is 6.37. The molecular formula is C28H30N4O2. The first kappa shape index (κ1) is 22.3. The summed E-state index contributed by atoms with van der Waals surface area (Å²) in [6.07, 6.45) is 4.99. The van der Waals surface area contributed by atoms with Crippen LogP contribution in [0, 0.1) is 6.92 Å². The van der Waals surface area contributed by atoms with Crippen LogP contribution in [0.5, 0.6) is 0 Å². The summed E-state index contributed by atoms with van der Waals surface area (Å²) < 4.78 is 5.58. The van der Waals surface area contributed by atoms with E-state index in [1.807, 2.05) is 41.3 Å². The highest BCUT2D eigenvalue weighted by molar-refractivity contribution is 5.92. The number of hydrogen-bond donors (Lipinski definition) is 0. The molecule has 3 heterocycles. The van der Waals surface area contributed by atoms with Crippen LogP contribution in [0.25, 0.3) is 6.08 Å². The van der Waals surface area contributed by atoms with Crippen LogP contribution >= 0.6 is 0 Å². The molecule has 0 saturated carbocycles. The Kier molecular flexibility index (Phi) is 6.67. The van der Waals surface area contributed by atoms with Crippen LogP contribution in [-0.4, -0.2) is 53.6 Å². The average Bonchev–Trinajstić information content (AvgIpc) is 2.88. The van der Waals surface area contributed by atoms with Gasteiger partial charge in [-0.25, -0.2) is 9.97 Å². The first-order chi connectivity index (χ1) is 16.7. The van der Waals surface area contributed by atoms with Gasteiger partial charge in [0.2, 0.25) is 5.91 Å². The molecule has 0 radical (unpaired) electrons. The maximum Gasteiger partial charge on any atom is 0.246 e. The lowest BCUT2D eigenvalue weighted by molar-refractivity contribution is -0.126.